The van der Waals surface area contributed by atoms with Crippen LogP contribution in [0, 0.1) is 0 Å². The number of fused-ring (bicyclic) bond motifs is 5. The fourth-order valence-electron chi connectivity index (χ4n) is 6.10. The van der Waals surface area contributed by atoms with Crippen LogP contribution < -0.4 is 4.90 Å². The van der Waals surface area contributed by atoms with Crippen LogP contribution in [-0.4, -0.2) is 0 Å². The van der Waals surface area contributed by atoms with Crippen LogP contribution >= 0.6 is 11.3 Å². The molecule has 0 saturated carbocycles. The molecule has 0 unspecified atom stereocenters. The summed E-state index contributed by atoms with van der Waals surface area (Å²) in [5.41, 5.74) is 8.29. The lowest BCUT2D eigenvalue weighted by molar-refractivity contribution is 1.28. The van der Waals surface area contributed by atoms with Crippen LogP contribution in [0.5, 0.6) is 0 Å². The SMILES string of the molecule is c1ccc(-c2cccc(N(c3ccccc3)c3ccc(-c4cccc5ccc6sc7ccccc7c6c45)cc3)c2)cc1. The molecule has 42 heavy (non-hydrogen) atoms. The molecule has 0 fully saturated rings. The Bertz CT molecular complexity index is 2180. The van der Waals surface area contributed by atoms with Crippen LogP contribution in [-0.2, 0) is 0 Å². The standard InChI is InChI=1S/C40H27NS/c1-3-11-28(12-4-1)31-14-9-17-34(27-31)41(32-15-5-2-6-16-32)33-24-21-29(22-25-33)35-19-10-13-30-23-26-38-40(39(30)35)36-18-7-8-20-37(36)42-38/h1-27H. The van der Waals surface area contributed by atoms with Crippen molar-refractivity contribution in [2.24, 2.45) is 0 Å². The van der Waals surface area contributed by atoms with Crippen LogP contribution in [0.25, 0.3) is 53.2 Å². The molecule has 8 rings (SSSR count). The van der Waals surface area contributed by atoms with E-state index in [0.29, 0.717) is 0 Å². The maximum Gasteiger partial charge on any atom is 0.0467 e. The van der Waals surface area contributed by atoms with Gasteiger partial charge < -0.3 is 4.90 Å². The van der Waals surface area contributed by atoms with Crippen LogP contribution in [0.1, 0.15) is 0 Å². The van der Waals surface area contributed by atoms with Gasteiger partial charge in [0.2, 0.25) is 0 Å². The average Bonchev–Trinajstić information content (AvgIpc) is 3.45. The van der Waals surface area contributed by atoms with E-state index in [0.717, 1.165) is 17.1 Å². The van der Waals surface area contributed by atoms with E-state index in [2.05, 4.69) is 169 Å². The second kappa shape index (κ2) is 10.3. The van der Waals surface area contributed by atoms with Crippen molar-refractivity contribution in [1.29, 1.82) is 0 Å². The highest BCUT2D eigenvalue weighted by atomic mass is 32.1. The monoisotopic (exact) mass is 553 g/mol. The highest BCUT2D eigenvalue weighted by molar-refractivity contribution is 7.26. The van der Waals surface area contributed by atoms with Gasteiger partial charge in [-0.15, -0.1) is 11.3 Å². The summed E-state index contributed by atoms with van der Waals surface area (Å²) in [6.07, 6.45) is 0. The Morgan fingerprint density at radius 3 is 1.88 bits per heavy atom. The Morgan fingerprint density at radius 1 is 0.381 bits per heavy atom. The maximum atomic E-state index is 2.34. The van der Waals surface area contributed by atoms with E-state index < -0.39 is 0 Å². The van der Waals surface area contributed by atoms with Crippen molar-refractivity contribution in [3.05, 3.63) is 164 Å². The lowest BCUT2D eigenvalue weighted by atomic mass is 9.94. The minimum absolute atomic E-state index is 1.13. The van der Waals surface area contributed by atoms with Crippen molar-refractivity contribution < 1.29 is 0 Å². The van der Waals surface area contributed by atoms with Crippen molar-refractivity contribution in [1.82, 2.24) is 0 Å². The van der Waals surface area contributed by atoms with Gasteiger partial charge in [0.25, 0.3) is 0 Å². The quantitative estimate of drug-likeness (QED) is 0.205. The molecule has 1 nitrogen and oxygen atoms in total. The molecule has 0 bridgehead atoms. The van der Waals surface area contributed by atoms with Crippen molar-refractivity contribution in [2.45, 2.75) is 0 Å². The molecule has 8 aromatic rings. The zero-order valence-electron chi connectivity index (χ0n) is 22.9. The number of thiophene rings is 1. The molecule has 0 spiro atoms. The Hall–Kier alpha value is -5.18. The maximum absolute atomic E-state index is 2.34. The molecule has 198 valence electrons. The summed E-state index contributed by atoms with van der Waals surface area (Å²) < 4.78 is 2.67. The second-order valence-electron chi connectivity index (χ2n) is 10.6. The normalized spacial score (nSPS) is 11.3. The van der Waals surface area contributed by atoms with Gasteiger partial charge in [-0.1, -0.05) is 115 Å². The Balaban J connectivity index is 1.27. The molecule has 0 aliphatic heterocycles. The number of hydrogen-bond acceptors (Lipinski definition) is 2. The van der Waals surface area contributed by atoms with Crippen molar-refractivity contribution >= 4 is 59.3 Å². The number of benzene rings is 7. The highest BCUT2D eigenvalue weighted by Crippen LogP contribution is 2.43. The van der Waals surface area contributed by atoms with E-state index in [4.69, 9.17) is 0 Å². The van der Waals surface area contributed by atoms with Crippen LogP contribution in [0.3, 0.4) is 0 Å². The van der Waals surface area contributed by atoms with Gasteiger partial charge >= 0.3 is 0 Å². The molecular formula is C40H27NS. The van der Waals surface area contributed by atoms with Gasteiger partial charge in [0.1, 0.15) is 0 Å². The van der Waals surface area contributed by atoms with Gasteiger partial charge in [-0.2, -0.15) is 0 Å². The summed E-state index contributed by atoms with van der Waals surface area (Å²) in [4.78, 5) is 2.34. The summed E-state index contributed by atoms with van der Waals surface area (Å²) in [7, 11) is 0. The van der Waals surface area contributed by atoms with Gasteiger partial charge in [0, 0.05) is 37.2 Å². The predicted octanol–water partition coefficient (Wildman–Crippen LogP) is 12.0. The molecule has 0 aliphatic carbocycles. The number of para-hydroxylation sites is 1. The Labute approximate surface area is 249 Å². The van der Waals surface area contributed by atoms with Crippen molar-refractivity contribution in [2.75, 3.05) is 4.90 Å². The number of nitrogens with zero attached hydrogens (tertiary/aromatic N) is 1. The smallest absolute Gasteiger partial charge is 0.0467 e. The molecule has 0 atom stereocenters. The fourth-order valence-corrected chi connectivity index (χ4v) is 7.22. The Kier molecular flexibility index (Phi) is 6.05. The predicted molar refractivity (Wildman–Crippen MR) is 182 cm³/mol. The first-order valence-corrected chi connectivity index (χ1v) is 15.1. The molecular weight excluding hydrogens is 527 g/mol. The topological polar surface area (TPSA) is 3.24 Å². The summed E-state index contributed by atoms with van der Waals surface area (Å²) >= 11 is 1.87. The minimum atomic E-state index is 1.13. The first-order valence-electron chi connectivity index (χ1n) is 14.3. The third kappa shape index (κ3) is 4.25. The van der Waals surface area contributed by atoms with E-state index in [1.807, 2.05) is 11.3 Å². The molecule has 0 radical (unpaired) electrons. The lowest BCUT2D eigenvalue weighted by Crippen LogP contribution is -2.09. The molecule has 1 aromatic heterocycles. The number of rotatable bonds is 5. The van der Waals surface area contributed by atoms with Crippen molar-refractivity contribution in [3.63, 3.8) is 0 Å². The first kappa shape index (κ1) is 24.6. The Morgan fingerprint density at radius 2 is 1.05 bits per heavy atom. The van der Waals surface area contributed by atoms with Gasteiger partial charge in [0.05, 0.1) is 0 Å². The van der Waals surface area contributed by atoms with E-state index in [1.165, 1.54) is 53.2 Å². The number of hydrogen-bond donors (Lipinski definition) is 0. The van der Waals surface area contributed by atoms with Gasteiger partial charge in [-0.25, -0.2) is 0 Å². The van der Waals surface area contributed by atoms with Crippen LogP contribution in [0.2, 0.25) is 0 Å². The van der Waals surface area contributed by atoms with Gasteiger partial charge in [-0.3, -0.25) is 0 Å². The number of anilines is 3. The summed E-state index contributed by atoms with van der Waals surface area (Å²) in [6.45, 7) is 0. The third-order valence-corrected chi connectivity index (χ3v) is 9.18. The van der Waals surface area contributed by atoms with Gasteiger partial charge in [0.15, 0.2) is 0 Å². The minimum Gasteiger partial charge on any atom is -0.310 e. The molecule has 0 amide bonds. The molecule has 0 N–H and O–H groups in total. The first-order chi connectivity index (χ1) is 20.8. The van der Waals surface area contributed by atoms with E-state index in [1.54, 1.807) is 0 Å². The molecule has 0 aliphatic rings. The zero-order valence-corrected chi connectivity index (χ0v) is 23.8. The van der Waals surface area contributed by atoms with E-state index >= 15 is 0 Å². The summed E-state index contributed by atoms with van der Waals surface area (Å²) in [6, 6.07) is 59.0. The third-order valence-electron chi connectivity index (χ3n) is 8.05. The summed E-state index contributed by atoms with van der Waals surface area (Å²) in [5, 5.41) is 5.30. The van der Waals surface area contributed by atoms with Gasteiger partial charge in [-0.05, 0) is 81.6 Å². The lowest BCUT2D eigenvalue weighted by Gasteiger charge is -2.26. The van der Waals surface area contributed by atoms with Crippen molar-refractivity contribution in [3.8, 4) is 22.3 Å². The largest absolute Gasteiger partial charge is 0.310 e. The molecule has 7 aromatic carbocycles. The van der Waals surface area contributed by atoms with E-state index in [-0.39, 0.29) is 0 Å². The molecule has 0 saturated heterocycles. The highest BCUT2D eigenvalue weighted by Gasteiger charge is 2.16. The molecule has 1 heterocycles. The second-order valence-corrected chi connectivity index (χ2v) is 11.7. The van der Waals surface area contributed by atoms with Crippen LogP contribution in [0.4, 0.5) is 17.1 Å². The average molecular weight is 554 g/mol. The fraction of sp³-hybridized carbons (Fsp3) is 0. The zero-order chi connectivity index (χ0) is 27.9. The summed E-state index contributed by atoms with van der Waals surface area (Å²) in [5.74, 6) is 0. The van der Waals surface area contributed by atoms with E-state index in [9.17, 15) is 0 Å². The molecule has 2 heteroatoms. The van der Waals surface area contributed by atoms with Crippen LogP contribution in [0.15, 0.2) is 164 Å².